The van der Waals surface area contributed by atoms with Crippen molar-refractivity contribution < 1.29 is 0 Å². The molecule has 1 fully saturated rings. The van der Waals surface area contributed by atoms with Crippen molar-refractivity contribution in [3.63, 3.8) is 0 Å². The topological polar surface area (TPSA) is 0 Å². The van der Waals surface area contributed by atoms with Gasteiger partial charge in [0, 0.05) is 0 Å². The third-order valence-corrected chi connectivity index (χ3v) is 6.33. The van der Waals surface area contributed by atoms with Crippen molar-refractivity contribution in [1.29, 1.82) is 0 Å². The summed E-state index contributed by atoms with van der Waals surface area (Å²) >= 11 is 0. The molecule has 2 atom stereocenters. The minimum atomic E-state index is 0.511. The van der Waals surface area contributed by atoms with Crippen molar-refractivity contribution in [1.82, 2.24) is 0 Å². The lowest BCUT2D eigenvalue weighted by Gasteiger charge is -2.50. The molecule has 1 aliphatic carbocycles. The summed E-state index contributed by atoms with van der Waals surface area (Å²) in [6.07, 6.45) is 8.56. The van der Waals surface area contributed by atoms with Gasteiger partial charge in [-0.25, -0.2) is 0 Å². The summed E-state index contributed by atoms with van der Waals surface area (Å²) in [5, 5.41) is 0. The Kier molecular flexibility index (Phi) is 5.32. The van der Waals surface area contributed by atoms with Gasteiger partial charge in [-0.1, -0.05) is 61.3 Å². The van der Waals surface area contributed by atoms with Crippen LogP contribution in [-0.4, -0.2) is 0 Å². The smallest absolute Gasteiger partial charge is 0.0246 e. The zero-order valence-electron chi connectivity index (χ0n) is 14.0. The van der Waals surface area contributed by atoms with Gasteiger partial charge in [0.15, 0.2) is 0 Å². The average molecular weight is 252 g/mol. The van der Waals surface area contributed by atoms with Gasteiger partial charge in [-0.15, -0.1) is 0 Å². The van der Waals surface area contributed by atoms with Crippen LogP contribution in [0.2, 0.25) is 0 Å². The second kappa shape index (κ2) is 5.97. The molecule has 0 radical (unpaired) electrons. The largest absolute Gasteiger partial charge is 0.0651 e. The van der Waals surface area contributed by atoms with Gasteiger partial charge in [0.2, 0.25) is 0 Å². The Bertz CT molecular complexity index is 225. The molecule has 1 saturated carbocycles. The van der Waals surface area contributed by atoms with Gasteiger partial charge in [0.1, 0.15) is 0 Å². The molecule has 0 aromatic carbocycles. The molecule has 108 valence electrons. The molecule has 0 heteroatoms. The van der Waals surface area contributed by atoms with Gasteiger partial charge in [-0.05, 0) is 54.3 Å². The van der Waals surface area contributed by atoms with Crippen LogP contribution in [-0.2, 0) is 0 Å². The first kappa shape index (κ1) is 16.1. The Balaban J connectivity index is 2.80. The summed E-state index contributed by atoms with van der Waals surface area (Å²) in [7, 11) is 0. The zero-order valence-corrected chi connectivity index (χ0v) is 14.0. The van der Waals surface area contributed by atoms with Crippen LogP contribution in [0.5, 0.6) is 0 Å². The molecule has 18 heavy (non-hydrogen) atoms. The Morgan fingerprint density at radius 3 is 1.61 bits per heavy atom. The van der Waals surface area contributed by atoms with Crippen molar-refractivity contribution in [3.05, 3.63) is 0 Å². The fourth-order valence-corrected chi connectivity index (χ4v) is 4.31. The highest BCUT2D eigenvalue weighted by Gasteiger charge is 2.44. The molecule has 0 bridgehead atoms. The first-order valence-electron chi connectivity index (χ1n) is 8.28. The first-order chi connectivity index (χ1) is 8.28. The summed E-state index contributed by atoms with van der Waals surface area (Å²) in [6, 6.07) is 0. The van der Waals surface area contributed by atoms with Crippen molar-refractivity contribution >= 4 is 0 Å². The molecular formula is C18H36. The van der Waals surface area contributed by atoms with Gasteiger partial charge in [-0.3, -0.25) is 0 Å². The lowest BCUT2D eigenvalue weighted by atomic mass is 9.55. The van der Waals surface area contributed by atoms with Crippen molar-refractivity contribution in [3.8, 4) is 0 Å². The molecule has 0 saturated heterocycles. The van der Waals surface area contributed by atoms with Crippen molar-refractivity contribution in [2.45, 2.75) is 87.0 Å². The fourth-order valence-electron chi connectivity index (χ4n) is 4.31. The molecule has 0 heterocycles. The minimum Gasteiger partial charge on any atom is -0.0651 e. The lowest BCUT2D eigenvalue weighted by molar-refractivity contribution is -0.00268. The van der Waals surface area contributed by atoms with E-state index in [-0.39, 0.29) is 0 Å². The Labute approximate surface area is 116 Å². The van der Waals surface area contributed by atoms with E-state index in [1.54, 1.807) is 0 Å². The van der Waals surface area contributed by atoms with E-state index in [2.05, 4.69) is 48.5 Å². The predicted octanol–water partition coefficient (Wildman–Crippen LogP) is 6.30. The first-order valence-corrected chi connectivity index (χ1v) is 8.28. The van der Waals surface area contributed by atoms with Crippen LogP contribution in [0.1, 0.15) is 87.0 Å². The van der Waals surface area contributed by atoms with Crippen molar-refractivity contribution in [2.24, 2.45) is 28.6 Å². The van der Waals surface area contributed by atoms with E-state index in [4.69, 9.17) is 0 Å². The van der Waals surface area contributed by atoms with Crippen LogP contribution in [0.4, 0.5) is 0 Å². The van der Waals surface area contributed by atoms with Crippen LogP contribution >= 0.6 is 0 Å². The fraction of sp³-hybridized carbons (Fsp3) is 1.00. The highest BCUT2D eigenvalue weighted by Crippen LogP contribution is 2.54. The second-order valence-corrected chi connectivity index (χ2v) is 7.99. The maximum Gasteiger partial charge on any atom is -0.0246 e. The number of rotatable bonds is 4. The summed E-state index contributed by atoms with van der Waals surface area (Å²) < 4.78 is 0. The van der Waals surface area contributed by atoms with Crippen LogP contribution in [0, 0.1) is 28.6 Å². The molecule has 0 aromatic heterocycles. The van der Waals surface area contributed by atoms with E-state index >= 15 is 0 Å². The van der Waals surface area contributed by atoms with E-state index < -0.39 is 0 Å². The van der Waals surface area contributed by atoms with Crippen LogP contribution in [0.15, 0.2) is 0 Å². The lowest BCUT2D eigenvalue weighted by Crippen LogP contribution is -2.41. The zero-order chi connectivity index (χ0) is 14.0. The molecule has 0 aromatic rings. The summed E-state index contributed by atoms with van der Waals surface area (Å²) in [4.78, 5) is 0. The van der Waals surface area contributed by atoms with E-state index in [9.17, 15) is 0 Å². The molecule has 0 nitrogen and oxygen atoms in total. The highest BCUT2D eigenvalue weighted by atomic mass is 14.5. The third kappa shape index (κ3) is 3.11. The van der Waals surface area contributed by atoms with E-state index in [1.807, 2.05) is 0 Å². The molecule has 2 unspecified atom stereocenters. The van der Waals surface area contributed by atoms with E-state index in [0.29, 0.717) is 10.8 Å². The Morgan fingerprint density at radius 2 is 1.33 bits per heavy atom. The summed E-state index contributed by atoms with van der Waals surface area (Å²) in [5.74, 6) is 2.74. The van der Waals surface area contributed by atoms with Gasteiger partial charge in [0.05, 0.1) is 0 Å². The molecule has 0 amide bonds. The maximum atomic E-state index is 2.50. The molecule has 1 rings (SSSR count). The summed E-state index contributed by atoms with van der Waals surface area (Å²) in [5.41, 5.74) is 1.16. The normalized spacial score (nSPS) is 33.2. The molecule has 0 N–H and O–H groups in total. The Hall–Kier alpha value is 0. The van der Waals surface area contributed by atoms with Crippen molar-refractivity contribution in [2.75, 3.05) is 0 Å². The van der Waals surface area contributed by atoms with E-state index in [1.165, 1.54) is 38.5 Å². The highest BCUT2D eigenvalue weighted by molar-refractivity contribution is 4.94. The van der Waals surface area contributed by atoms with Gasteiger partial charge in [0.25, 0.3) is 0 Å². The number of hydrogen-bond donors (Lipinski definition) is 0. The van der Waals surface area contributed by atoms with E-state index in [0.717, 1.165) is 17.8 Å². The third-order valence-electron chi connectivity index (χ3n) is 6.33. The Morgan fingerprint density at radius 1 is 0.944 bits per heavy atom. The molecule has 1 aliphatic rings. The molecular weight excluding hydrogens is 216 g/mol. The molecule has 0 aliphatic heterocycles. The van der Waals surface area contributed by atoms with Gasteiger partial charge >= 0.3 is 0 Å². The van der Waals surface area contributed by atoms with Gasteiger partial charge < -0.3 is 0 Å². The van der Waals surface area contributed by atoms with Crippen LogP contribution in [0.3, 0.4) is 0 Å². The predicted molar refractivity (Wildman–Crippen MR) is 82.8 cm³/mol. The standard InChI is InChI=1S/C18H36/c1-8-14(3)18(15(4)9-2)12-10-16(11-13-18)17(5,6)7/h14-16H,8-13H2,1-7H3. The summed E-state index contributed by atoms with van der Waals surface area (Å²) in [6.45, 7) is 17.0. The second-order valence-electron chi connectivity index (χ2n) is 7.99. The maximum absolute atomic E-state index is 2.50. The number of hydrogen-bond acceptors (Lipinski definition) is 0. The SMILES string of the molecule is CCC(C)C1(C(C)CC)CCC(C(C)(C)C)CC1. The quantitative estimate of drug-likeness (QED) is 0.550. The average Bonchev–Trinajstić information content (AvgIpc) is 2.35. The molecule has 0 spiro atoms. The van der Waals surface area contributed by atoms with Crippen LogP contribution < -0.4 is 0 Å². The van der Waals surface area contributed by atoms with Crippen LogP contribution in [0.25, 0.3) is 0 Å². The minimum absolute atomic E-state index is 0.511. The van der Waals surface area contributed by atoms with Gasteiger partial charge in [-0.2, -0.15) is 0 Å². The monoisotopic (exact) mass is 252 g/mol.